The summed E-state index contributed by atoms with van der Waals surface area (Å²) in [6.45, 7) is 5.04. The monoisotopic (exact) mass is 453 g/mol. The zero-order chi connectivity index (χ0) is 21.9. The number of carbonyl (C=O) groups excluding carboxylic acids is 3. The molecule has 0 spiro atoms. The molecule has 11 nitrogen and oxygen atoms in total. The van der Waals surface area contributed by atoms with E-state index in [4.69, 9.17) is 14.2 Å². The van der Waals surface area contributed by atoms with Crippen LogP contribution in [-0.2, 0) is 48.6 Å². The highest BCUT2D eigenvalue weighted by Crippen LogP contribution is 2.61. The Morgan fingerprint density at radius 1 is 1.10 bits per heavy atom. The summed E-state index contributed by atoms with van der Waals surface area (Å²) in [5.74, 6) is -6.92. The van der Waals surface area contributed by atoms with Crippen LogP contribution in [0, 0.1) is 29.6 Å². The standard InChI is InChI=1S/C16H23NO10S2/c1-16(2,3)27-15(20)9-7-5-8-10(9)14(19)26-12(8)11(7)13(18)25-6-29(23,24)17-28(4,21)22/h7-12,17H,5-6H2,1-4H3. The molecule has 2 saturated carbocycles. The minimum Gasteiger partial charge on any atom is -0.461 e. The van der Waals surface area contributed by atoms with Gasteiger partial charge in [-0.25, -0.2) is 16.8 Å². The van der Waals surface area contributed by atoms with Gasteiger partial charge in [-0.15, -0.1) is 4.13 Å². The lowest BCUT2D eigenvalue weighted by molar-refractivity contribution is -0.167. The van der Waals surface area contributed by atoms with Crippen LogP contribution >= 0.6 is 0 Å². The summed E-state index contributed by atoms with van der Waals surface area (Å²) in [5.41, 5.74) is -0.789. The summed E-state index contributed by atoms with van der Waals surface area (Å²) in [7, 11) is -8.51. The van der Waals surface area contributed by atoms with Crippen LogP contribution < -0.4 is 4.13 Å². The molecule has 6 unspecified atom stereocenters. The lowest BCUT2D eigenvalue weighted by Crippen LogP contribution is -2.44. The van der Waals surface area contributed by atoms with Gasteiger partial charge in [-0.05, 0) is 33.1 Å². The van der Waals surface area contributed by atoms with Crippen molar-refractivity contribution in [2.75, 3.05) is 12.2 Å². The van der Waals surface area contributed by atoms with E-state index < -0.39 is 79.3 Å². The molecule has 1 aliphatic heterocycles. The molecule has 3 fully saturated rings. The second kappa shape index (κ2) is 6.91. The Bertz CT molecular complexity index is 949. The van der Waals surface area contributed by atoms with E-state index in [1.165, 1.54) is 4.13 Å². The highest BCUT2D eigenvalue weighted by Gasteiger charge is 2.70. The third kappa shape index (κ3) is 4.40. The van der Waals surface area contributed by atoms with Crippen LogP contribution in [0.25, 0.3) is 0 Å². The Kier molecular flexibility index (Phi) is 5.23. The third-order valence-corrected chi connectivity index (χ3v) is 7.86. The summed E-state index contributed by atoms with van der Waals surface area (Å²) in [6.07, 6.45) is 0.222. The quantitative estimate of drug-likeness (QED) is 0.396. The number of hydrogen-bond acceptors (Lipinski definition) is 10. The van der Waals surface area contributed by atoms with Crippen molar-refractivity contribution in [1.29, 1.82) is 0 Å². The second-order valence-corrected chi connectivity index (χ2v) is 12.3. The molecule has 3 rings (SSSR count). The zero-order valence-corrected chi connectivity index (χ0v) is 17.9. The fourth-order valence-electron chi connectivity index (χ4n) is 4.54. The lowest BCUT2D eigenvalue weighted by atomic mass is 9.74. The van der Waals surface area contributed by atoms with Crippen molar-refractivity contribution >= 4 is 38.0 Å². The van der Waals surface area contributed by atoms with Gasteiger partial charge in [0.15, 0.2) is 0 Å². The van der Waals surface area contributed by atoms with E-state index in [0.29, 0.717) is 12.7 Å². The fourth-order valence-corrected chi connectivity index (χ4v) is 6.85. The smallest absolute Gasteiger partial charge is 0.314 e. The number of ether oxygens (including phenoxy) is 3. The molecule has 1 saturated heterocycles. The fraction of sp³-hybridized carbons (Fsp3) is 0.812. The van der Waals surface area contributed by atoms with Gasteiger partial charge in [0.1, 0.15) is 11.7 Å². The maximum absolute atomic E-state index is 12.7. The van der Waals surface area contributed by atoms with Crippen molar-refractivity contribution in [2.24, 2.45) is 29.6 Å². The maximum atomic E-state index is 12.7. The van der Waals surface area contributed by atoms with Gasteiger partial charge in [0, 0.05) is 5.92 Å². The molecule has 1 heterocycles. The van der Waals surface area contributed by atoms with Gasteiger partial charge in [-0.2, -0.15) is 0 Å². The number of nitrogens with one attached hydrogen (secondary N) is 1. The molecule has 2 aliphatic carbocycles. The van der Waals surface area contributed by atoms with E-state index in [0.717, 1.165) is 0 Å². The number of hydrogen-bond donors (Lipinski definition) is 1. The first-order valence-corrected chi connectivity index (χ1v) is 12.5. The van der Waals surface area contributed by atoms with Crippen molar-refractivity contribution in [3.63, 3.8) is 0 Å². The molecule has 0 aromatic carbocycles. The molecule has 164 valence electrons. The minimum absolute atomic E-state index is 0.353. The van der Waals surface area contributed by atoms with Crippen LogP contribution in [0.3, 0.4) is 0 Å². The van der Waals surface area contributed by atoms with Crippen molar-refractivity contribution in [3.8, 4) is 0 Å². The van der Waals surface area contributed by atoms with Crippen molar-refractivity contribution < 1.29 is 45.4 Å². The molecule has 13 heteroatoms. The first kappa shape index (κ1) is 22.0. The van der Waals surface area contributed by atoms with Crippen LogP contribution in [0.4, 0.5) is 0 Å². The van der Waals surface area contributed by atoms with E-state index in [2.05, 4.69) is 0 Å². The highest BCUT2D eigenvalue weighted by molar-refractivity contribution is 8.04. The number of sulfonamides is 2. The second-order valence-electron chi connectivity index (χ2n) is 8.63. The van der Waals surface area contributed by atoms with Crippen LogP contribution in [0.5, 0.6) is 0 Å². The Morgan fingerprint density at radius 2 is 1.72 bits per heavy atom. The molecule has 0 radical (unpaired) electrons. The summed E-state index contributed by atoms with van der Waals surface area (Å²) in [4.78, 5) is 37.5. The van der Waals surface area contributed by atoms with Crippen molar-refractivity contribution in [1.82, 2.24) is 4.13 Å². The van der Waals surface area contributed by atoms with Crippen LogP contribution in [0.1, 0.15) is 27.2 Å². The van der Waals surface area contributed by atoms with Gasteiger partial charge in [0.25, 0.3) is 10.0 Å². The van der Waals surface area contributed by atoms with E-state index in [1.807, 2.05) is 0 Å². The number of rotatable bonds is 6. The molecule has 2 bridgehead atoms. The van der Waals surface area contributed by atoms with Gasteiger partial charge < -0.3 is 14.2 Å². The highest BCUT2D eigenvalue weighted by atomic mass is 32.3. The third-order valence-electron chi connectivity index (χ3n) is 5.20. The zero-order valence-electron chi connectivity index (χ0n) is 16.3. The summed E-state index contributed by atoms with van der Waals surface area (Å²) in [6, 6.07) is 0. The maximum Gasteiger partial charge on any atom is 0.314 e. The molecule has 6 atom stereocenters. The van der Waals surface area contributed by atoms with Crippen LogP contribution in [0.2, 0.25) is 0 Å². The summed E-state index contributed by atoms with van der Waals surface area (Å²) >= 11 is 0. The predicted molar refractivity (Wildman–Crippen MR) is 95.7 cm³/mol. The summed E-state index contributed by atoms with van der Waals surface area (Å²) in [5, 5.41) is 0. The molecule has 0 aromatic rings. The van der Waals surface area contributed by atoms with Gasteiger partial charge in [-0.3, -0.25) is 14.4 Å². The van der Waals surface area contributed by atoms with Gasteiger partial charge in [0.2, 0.25) is 16.0 Å². The molecule has 0 aromatic heterocycles. The number of carbonyl (C=O) groups is 3. The Labute approximate surface area is 168 Å². The largest absolute Gasteiger partial charge is 0.461 e. The Hall–Kier alpha value is -1.73. The van der Waals surface area contributed by atoms with Crippen molar-refractivity contribution in [2.45, 2.75) is 38.9 Å². The van der Waals surface area contributed by atoms with E-state index in [-0.39, 0.29) is 5.92 Å². The minimum atomic E-state index is -4.44. The molecule has 0 amide bonds. The van der Waals surface area contributed by atoms with Gasteiger partial charge in [-0.1, -0.05) is 0 Å². The SMILES string of the molecule is CC(C)(C)OC(=O)C1C2CC3C(OC(=O)C31)C2C(=O)OCS(=O)(=O)NS(C)(=O)=O. The van der Waals surface area contributed by atoms with Crippen LogP contribution in [-0.4, -0.2) is 58.6 Å². The lowest BCUT2D eigenvalue weighted by Gasteiger charge is -2.31. The molecular formula is C16H23NO10S2. The Morgan fingerprint density at radius 3 is 2.28 bits per heavy atom. The normalized spacial score (nSPS) is 33.4. The first-order valence-electron chi connectivity index (χ1n) is 8.91. The van der Waals surface area contributed by atoms with E-state index in [1.54, 1.807) is 20.8 Å². The topological polar surface area (TPSA) is 159 Å². The number of fused-ring (bicyclic) bond motifs is 1. The number of esters is 3. The molecule has 29 heavy (non-hydrogen) atoms. The molecule has 3 aliphatic rings. The summed E-state index contributed by atoms with van der Waals surface area (Å²) < 4.78 is 62.5. The van der Waals surface area contributed by atoms with Crippen LogP contribution in [0.15, 0.2) is 0 Å². The van der Waals surface area contributed by atoms with Crippen molar-refractivity contribution in [3.05, 3.63) is 0 Å². The van der Waals surface area contributed by atoms with E-state index in [9.17, 15) is 31.2 Å². The van der Waals surface area contributed by atoms with E-state index >= 15 is 0 Å². The average Bonchev–Trinajstić information content (AvgIpc) is 3.09. The average molecular weight is 453 g/mol. The Balaban J connectivity index is 1.76. The first-order chi connectivity index (χ1) is 13.1. The van der Waals surface area contributed by atoms with Gasteiger partial charge >= 0.3 is 17.9 Å². The predicted octanol–water partition coefficient (Wildman–Crippen LogP) is -0.868. The van der Waals surface area contributed by atoms with Gasteiger partial charge in [0.05, 0.1) is 24.0 Å². The molecular weight excluding hydrogens is 430 g/mol. The molecule has 1 N–H and O–H groups in total.